The smallest absolute Gasteiger partial charge is 0.418 e. The van der Waals surface area contributed by atoms with Gasteiger partial charge in [0.2, 0.25) is 0 Å². The van der Waals surface area contributed by atoms with Crippen LogP contribution in [0, 0.1) is 0 Å². The third-order valence-corrected chi connectivity index (χ3v) is 2.10. The van der Waals surface area contributed by atoms with E-state index >= 15 is 0 Å². The molecule has 0 aliphatic rings. The number of rotatable bonds is 3. The summed E-state index contributed by atoms with van der Waals surface area (Å²) in [4.78, 5) is 14.4. The van der Waals surface area contributed by atoms with Crippen LogP contribution in [0.2, 0.25) is 5.15 Å². The van der Waals surface area contributed by atoms with E-state index in [0.717, 1.165) is 18.2 Å². The lowest BCUT2D eigenvalue weighted by Crippen LogP contribution is -2.08. The van der Waals surface area contributed by atoms with Gasteiger partial charge in [-0.3, -0.25) is 0 Å². The lowest BCUT2D eigenvalue weighted by molar-refractivity contribution is -0.138. The summed E-state index contributed by atoms with van der Waals surface area (Å²) < 4.78 is 42.4. The zero-order valence-corrected chi connectivity index (χ0v) is 10.0. The maximum atomic E-state index is 12.6. The number of esters is 1. The Bertz CT molecular complexity index is 472. The van der Waals surface area contributed by atoms with E-state index in [-0.39, 0.29) is 17.3 Å². The van der Waals surface area contributed by atoms with Gasteiger partial charge in [-0.25, -0.2) is 9.78 Å². The average Bonchev–Trinajstić information content (AvgIpc) is 2.25. The zero-order valence-electron chi connectivity index (χ0n) is 9.29. The summed E-state index contributed by atoms with van der Waals surface area (Å²) in [6.45, 7) is 1.74. The Kier molecular flexibility index (Phi) is 4.72. The molecule has 0 fully saturated rings. The molecule has 0 atom stereocenters. The minimum atomic E-state index is -4.56. The van der Waals surface area contributed by atoms with Gasteiger partial charge in [-0.05, 0) is 24.6 Å². The van der Waals surface area contributed by atoms with Crippen molar-refractivity contribution in [3.63, 3.8) is 0 Å². The highest BCUT2D eigenvalue weighted by molar-refractivity contribution is 6.29. The minimum absolute atomic E-state index is 0.0912. The predicted molar refractivity (Wildman–Crippen MR) is 59.9 cm³/mol. The Balaban J connectivity index is 3.07. The van der Waals surface area contributed by atoms with E-state index < -0.39 is 17.7 Å². The number of carbonyl (C=O) groups is 1. The van der Waals surface area contributed by atoms with Crippen molar-refractivity contribution >= 4 is 23.6 Å². The maximum Gasteiger partial charge on any atom is 0.418 e. The van der Waals surface area contributed by atoms with Crippen molar-refractivity contribution in [2.75, 3.05) is 6.61 Å². The van der Waals surface area contributed by atoms with Gasteiger partial charge in [-0.15, -0.1) is 0 Å². The maximum absolute atomic E-state index is 12.6. The van der Waals surface area contributed by atoms with Gasteiger partial charge in [0, 0.05) is 12.3 Å². The summed E-state index contributed by atoms with van der Waals surface area (Å²) in [5.41, 5.74) is -1.21. The molecule has 0 amide bonds. The first kappa shape index (κ1) is 14.5. The Hall–Kier alpha value is -1.56. The van der Waals surface area contributed by atoms with Gasteiger partial charge in [-0.1, -0.05) is 11.6 Å². The number of halogens is 4. The van der Waals surface area contributed by atoms with Gasteiger partial charge in [0.05, 0.1) is 12.2 Å². The van der Waals surface area contributed by atoms with Crippen LogP contribution in [0.1, 0.15) is 18.1 Å². The van der Waals surface area contributed by atoms with Gasteiger partial charge in [0.1, 0.15) is 5.15 Å². The highest BCUT2D eigenvalue weighted by atomic mass is 35.5. The summed E-state index contributed by atoms with van der Waals surface area (Å²) in [5, 5.41) is -0.0912. The van der Waals surface area contributed by atoms with Gasteiger partial charge in [0.15, 0.2) is 0 Å². The van der Waals surface area contributed by atoms with Crippen molar-refractivity contribution in [3.05, 3.63) is 34.6 Å². The molecule has 0 aliphatic carbocycles. The molecule has 1 rings (SSSR count). The molecule has 0 saturated carbocycles. The van der Waals surface area contributed by atoms with Crippen molar-refractivity contribution in [3.8, 4) is 0 Å². The van der Waals surface area contributed by atoms with Crippen LogP contribution in [0.25, 0.3) is 6.08 Å². The van der Waals surface area contributed by atoms with Crippen molar-refractivity contribution in [2.45, 2.75) is 13.1 Å². The molecule has 0 aromatic carbocycles. The average molecular weight is 280 g/mol. The topological polar surface area (TPSA) is 39.2 Å². The minimum Gasteiger partial charge on any atom is -0.463 e. The molecule has 0 N–H and O–H groups in total. The summed E-state index contributed by atoms with van der Waals surface area (Å²) >= 11 is 5.51. The Morgan fingerprint density at radius 3 is 2.78 bits per heavy atom. The number of aromatic nitrogens is 1. The molecule has 0 aliphatic heterocycles. The van der Waals surface area contributed by atoms with Gasteiger partial charge in [-0.2, -0.15) is 13.2 Å². The molecular weight excluding hydrogens is 271 g/mol. The van der Waals surface area contributed by atoms with Gasteiger partial charge in [0.25, 0.3) is 0 Å². The molecule has 1 aromatic rings. The van der Waals surface area contributed by atoms with Crippen LogP contribution in [0.15, 0.2) is 18.3 Å². The quantitative estimate of drug-likeness (QED) is 0.484. The van der Waals surface area contributed by atoms with E-state index in [1.807, 2.05) is 0 Å². The van der Waals surface area contributed by atoms with E-state index in [2.05, 4.69) is 9.72 Å². The molecule has 0 bridgehead atoms. The molecule has 1 heterocycles. The van der Waals surface area contributed by atoms with Crippen molar-refractivity contribution in [2.24, 2.45) is 0 Å². The zero-order chi connectivity index (χ0) is 13.8. The summed E-state index contributed by atoms with van der Waals surface area (Å²) in [5.74, 6) is -0.724. The molecule has 0 radical (unpaired) electrons. The predicted octanol–water partition coefficient (Wildman–Crippen LogP) is 3.33. The lowest BCUT2D eigenvalue weighted by atomic mass is 10.1. The summed E-state index contributed by atoms with van der Waals surface area (Å²) in [6.07, 6.45) is -2.04. The van der Waals surface area contributed by atoms with Crippen LogP contribution in [-0.2, 0) is 15.7 Å². The normalized spacial score (nSPS) is 11.8. The van der Waals surface area contributed by atoms with Crippen LogP contribution in [0.3, 0.4) is 0 Å². The van der Waals surface area contributed by atoms with Crippen LogP contribution in [0.4, 0.5) is 13.2 Å². The Labute approximate surface area is 106 Å². The second-order valence-corrected chi connectivity index (χ2v) is 3.56. The van der Waals surface area contributed by atoms with Crippen molar-refractivity contribution in [1.29, 1.82) is 0 Å². The molecular formula is C11H9ClF3NO2. The first-order valence-corrected chi connectivity index (χ1v) is 5.30. The second kappa shape index (κ2) is 5.86. The number of ether oxygens (including phenoxy) is 1. The molecule has 0 unspecified atom stereocenters. The number of pyridine rings is 1. The fraction of sp³-hybridized carbons (Fsp3) is 0.273. The fourth-order valence-corrected chi connectivity index (χ4v) is 1.33. The number of hydrogen-bond donors (Lipinski definition) is 0. The van der Waals surface area contributed by atoms with Crippen molar-refractivity contribution in [1.82, 2.24) is 4.98 Å². The van der Waals surface area contributed by atoms with E-state index in [0.29, 0.717) is 6.20 Å². The summed E-state index contributed by atoms with van der Waals surface area (Å²) in [6, 6.07) is 1.03. The Morgan fingerprint density at radius 2 is 2.22 bits per heavy atom. The third kappa shape index (κ3) is 4.03. The first-order valence-electron chi connectivity index (χ1n) is 4.92. The van der Waals surface area contributed by atoms with Crippen molar-refractivity contribution < 1.29 is 22.7 Å². The van der Waals surface area contributed by atoms with Crippen LogP contribution in [-0.4, -0.2) is 17.6 Å². The molecule has 98 valence electrons. The third-order valence-electron chi connectivity index (χ3n) is 1.89. The molecule has 0 saturated heterocycles. The molecule has 1 aromatic heterocycles. The molecule has 0 spiro atoms. The van der Waals surface area contributed by atoms with E-state index in [4.69, 9.17) is 11.6 Å². The first-order chi connectivity index (χ1) is 8.34. The fourth-order valence-electron chi connectivity index (χ4n) is 1.17. The lowest BCUT2D eigenvalue weighted by Gasteiger charge is -2.09. The number of carbonyl (C=O) groups excluding carboxylic acids is 1. The van der Waals surface area contributed by atoms with Gasteiger partial charge >= 0.3 is 12.1 Å². The highest BCUT2D eigenvalue weighted by Crippen LogP contribution is 2.32. The molecule has 7 heteroatoms. The van der Waals surface area contributed by atoms with E-state index in [1.165, 1.54) is 0 Å². The van der Waals surface area contributed by atoms with E-state index in [1.54, 1.807) is 6.92 Å². The highest BCUT2D eigenvalue weighted by Gasteiger charge is 2.33. The molecule has 18 heavy (non-hydrogen) atoms. The van der Waals surface area contributed by atoms with Gasteiger partial charge < -0.3 is 4.74 Å². The van der Waals surface area contributed by atoms with Crippen LogP contribution < -0.4 is 0 Å². The monoisotopic (exact) mass is 279 g/mol. The largest absolute Gasteiger partial charge is 0.463 e. The number of nitrogens with zero attached hydrogens (tertiary/aromatic N) is 1. The standard InChI is InChI=1S/C11H9ClF3NO2/c1-2-18-10(17)4-3-7-5-9(12)16-6-8(7)11(13,14)15/h3-6H,2H2,1H3. The Morgan fingerprint density at radius 1 is 1.56 bits per heavy atom. The van der Waals surface area contributed by atoms with Crippen LogP contribution in [0.5, 0.6) is 0 Å². The number of hydrogen-bond acceptors (Lipinski definition) is 3. The van der Waals surface area contributed by atoms with Crippen LogP contribution >= 0.6 is 11.6 Å². The summed E-state index contributed by atoms with van der Waals surface area (Å²) in [7, 11) is 0. The molecule has 3 nitrogen and oxygen atoms in total. The SMILES string of the molecule is CCOC(=O)C=Cc1cc(Cl)ncc1C(F)(F)F. The second-order valence-electron chi connectivity index (χ2n) is 3.18. The number of alkyl halides is 3. The van der Waals surface area contributed by atoms with E-state index in [9.17, 15) is 18.0 Å².